The maximum Gasteiger partial charge on any atom is 0.273 e. The lowest BCUT2D eigenvalue weighted by Gasteiger charge is -2.50. The summed E-state index contributed by atoms with van der Waals surface area (Å²) in [5, 5.41) is 0. The first-order chi connectivity index (χ1) is 15.0. The molecule has 2 bridgehead atoms. The number of piperidine rings is 1. The first-order valence-corrected chi connectivity index (χ1v) is 11.6. The molecule has 2 aliphatic heterocycles. The molecule has 2 amide bonds. The number of amides is 2. The second kappa shape index (κ2) is 7.77. The maximum atomic E-state index is 13.8. The van der Waals surface area contributed by atoms with Crippen molar-refractivity contribution >= 4 is 11.8 Å². The smallest absolute Gasteiger partial charge is 0.273 e. The largest absolute Gasteiger partial charge is 0.334 e. The molecule has 2 aromatic rings. The average Bonchev–Trinajstić information content (AvgIpc) is 2.93. The molecule has 1 aromatic carbocycles. The predicted molar refractivity (Wildman–Crippen MR) is 119 cm³/mol. The van der Waals surface area contributed by atoms with Crippen molar-refractivity contribution in [3.63, 3.8) is 0 Å². The number of pyridine rings is 1. The van der Waals surface area contributed by atoms with Gasteiger partial charge in [0, 0.05) is 30.6 Å². The number of likely N-dealkylation sites (tertiary alicyclic amines) is 2. The van der Waals surface area contributed by atoms with Crippen LogP contribution in [-0.2, 0) is 11.2 Å². The van der Waals surface area contributed by atoms with Crippen LogP contribution >= 0.6 is 0 Å². The Morgan fingerprint density at radius 1 is 1.00 bits per heavy atom. The van der Waals surface area contributed by atoms with Crippen LogP contribution in [0.5, 0.6) is 0 Å². The van der Waals surface area contributed by atoms with Gasteiger partial charge < -0.3 is 9.80 Å². The first-order valence-electron chi connectivity index (χ1n) is 11.6. The molecular formula is C26H31N3O2. The fraction of sp³-hybridized carbons (Fsp3) is 0.500. The van der Waals surface area contributed by atoms with Crippen LogP contribution in [0.2, 0.25) is 0 Å². The lowest BCUT2D eigenvalue weighted by Crippen LogP contribution is -2.61. The summed E-state index contributed by atoms with van der Waals surface area (Å²) >= 11 is 0. The van der Waals surface area contributed by atoms with Crippen LogP contribution in [0.3, 0.4) is 0 Å². The molecule has 1 saturated carbocycles. The summed E-state index contributed by atoms with van der Waals surface area (Å²) < 4.78 is 0. The van der Waals surface area contributed by atoms with Crippen LogP contribution < -0.4 is 0 Å². The summed E-state index contributed by atoms with van der Waals surface area (Å²) in [5.41, 5.74) is 1.66. The topological polar surface area (TPSA) is 53.5 Å². The van der Waals surface area contributed by atoms with Gasteiger partial charge in [-0.2, -0.15) is 0 Å². The van der Waals surface area contributed by atoms with E-state index in [0.717, 1.165) is 38.5 Å². The van der Waals surface area contributed by atoms with E-state index in [4.69, 9.17) is 0 Å². The first kappa shape index (κ1) is 20.2. The van der Waals surface area contributed by atoms with Crippen molar-refractivity contribution in [2.45, 2.75) is 76.5 Å². The number of carbonyl (C=O) groups is 2. The van der Waals surface area contributed by atoms with Crippen LogP contribution in [0, 0.1) is 5.41 Å². The molecule has 3 aliphatic rings. The lowest BCUT2D eigenvalue weighted by molar-refractivity contribution is -0.141. The minimum absolute atomic E-state index is 0.00580. The molecule has 0 spiro atoms. The molecule has 5 rings (SSSR count). The van der Waals surface area contributed by atoms with Gasteiger partial charge in [-0.05, 0) is 43.4 Å². The molecule has 1 aliphatic carbocycles. The summed E-state index contributed by atoms with van der Waals surface area (Å²) in [6.07, 6.45) is 7.66. The standard InChI is InChI=1S/C26H31N3O2/c1-18(30)28-21(16-19-10-4-3-5-11-19)22-17-26(2)23(28)13-6-7-14-24(26)29(22)25(31)20-12-8-9-15-27-20/h3-5,8-12,15,21-24H,6-7,13-14,16-17H2,1-2H3/t21-,22-,23+,24-,26+/m0/s1. The molecule has 162 valence electrons. The van der Waals surface area contributed by atoms with Crippen LogP contribution in [0.25, 0.3) is 0 Å². The van der Waals surface area contributed by atoms with E-state index >= 15 is 0 Å². The Morgan fingerprint density at radius 3 is 2.32 bits per heavy atom. The van der Waals surface area contributed by atoms with Gasteiger partial charge in [0.25, 0.3) is 5.91 Å². The molecule has 5 heteroatoms. The molecular weight excluding hydrogens is 386 g/mol. The van der Waals surface area contributed by atoms with Crippen molar-refractivity contribution in [3.05, 3.63) is 66.0 Å². The van der Waals surface area contributed by atoms with Gasteiger partial charge in [0.1, 0.15) is 5.69 Å². The zero-order chi connectivity index (χ0) is 21.6. The van der Waals surface area contributed by atoms with E-state index in [-0.39, 0.29) is 41.4 Å². The van der Waals surface area contributed by atoms with E-state index < -0.39 is 0 Å². The van der Waals surface area contributed by atoms with E-state index in [1.165, 1.54) is 5.56 Å². The molecule has 5 atom stereocenters. The Morgan fingerprint density at radius 2 is 1.68 bits per heavy atom. The fourth-order valence-electron chi connectivity index (χ4n) is 6.72. The molecule has 31 heavy (non-hydrogen) atoms. The number of carbonyl (C=O) groups excluding carboxylic acids is 2. The summed E-state index contributed by atoms with van der Waals surface area (Å²) in [5.74, 6) is 0.151. The van der Waals surface area contributed by atoms with Crippen molar-refractivity contribution in [3.8, 4) is 0 Å². The molecule has 0 N–H and O–H groups in total. The summed E-state index contributed by atoms with van der Waals surface area (Å²) in [7, 11) is 0. The SMILES string of the molecule is CC(=O)N1[C@@H](Cc2ccccc2)[C@@H]2C[C@@]3(C)[C@H](CCCC[C@@H]13)N2C(=O)c1ccccn1. The maximum absolute atomic E-state index is 13.8. The monoisotopic (exact) mass is 417 g/mol. The lowest BCUT2D eigenvalue weighted by atomic mass is 9.69. The Kier molecular flexibility index (Phi) is 5.07. The Labute approximate surface area is 184 Å². The van der Waals surface area contributed by atoms with Crippen molar-refractivity contribution in [1.29, 1.82) is 0 Å². The summed E-state index contributed by atoms with van der Waals surface area (Å²) in [4.78, 5) is 35.5. The number of fused-ring (bicyclic) bond motifs is 1. The van der Waals surface area contributed by atoms with Gasteiger partial charge in [-0.3, -0.25) is 14.6 Å². The highest BCUT2D eigenvalue weighted by molar-refractivity contribution is 5.93. The Bertz CT molecular complexity index is 963. The third-order valence-corrected chi connectivity index (χ3v) is 7.98. The fourth-order valence-corrected chi connectivity index (χ4v) is 6.72. The van der Waals surface area contributed by atoms with Crippen LogP contribution in [0.15, 0.2) is 54.7 Å². The second-order valence-corrected chi connectivity index (χ2v) is 9.70. The van der Waals surface area contributed by atoms with Crippen LogP contribution in [0.1, 0.15) is 62.0 Å². The normalized spacial score (nSPS) is 31.9. The molecule has 1 aromatic heterocycles. The quantitative estimate of drug-likeness (QED) is 0.756. The highest BCUT2D eigenvalue weighted by Gasteiger charge is 2.63. The highest BCUT2D eigenvalue weighted by Crippen LogP contribution is 2.55. The molecule has 5 nitrogen and oxygen atoms in total. The number of benzene rings is 1. The molecule has 0 unspecified atom stereocenters. The zero-order valence-corrected chi connectivity index (χ0v) is 18.4. The van der Waals surface area contributed by atoms with Gasteiger partial charge in [-0.25, -0.2) is 0 Å². The zero-order valence-electron chi connectivity index (χ0n) is 18.4. The molecule has 0 radical (unpaired) electrons. The highest BCUT2D eigenvalue weighted by atomic mass is 16.2. The minimum Gasteiger partial charge on any atom is -0.334 e. The third kappa shape index (κ3) is 3.26. The summed E-state index contributed by atoms with van der Waals surface area (Å²) in [6, 6.07) is 16.3. The van der Waals surface area contributed by atoms with E-state index in [0.29, 0.717) is 5.69 Å². The van der Waals surface area contributed by atoms with E-state index in [1.54, 1.807) is 13.1 Å². The third-order valence-electron chi connectivity index (χ3n) is 7.98. The molecule has 3 fully saturated rings. The molecule has 2 saturated heterocycles. The Balaban J connectivity index is 1.61. The summed E-state index contributed by atoms with van der Waals surface area (Å²) in [6.45, 7) is 4.03. The van der Waals surface area contributed by atoms with Gasteiger partial charge in [-0.1, -0.05) is 56.2 Å². The van der Waals surface area contributed by atoms with E-state index in [1.807, 2.05) is 24.3 Å². The number of aromatic nitrogens is 1. The number of hydrogen-bond acceptors (Lipinski definition) is 3. The van der Waals surface area contributed by atoms with Gasteiger partial charge in [0.2, 0.25) is 5.91 Å². The van der Waals surface area contributed by atoms with Gasteiger partial charge in [-0.15, -0.1) is 0 Å². The van der Waals surface area contributed by atoms with Gasteiger partial charge in [0.15, 0.2) is 0 Å². The van der Waals surface area contributed by atoms with Crippen LogP contribution in [0.4, 0.5) is 0 Å². The predicted octanol–water partition coefficient (Wildman–Crippen LogP) is 4.09. The van der Waals surface area contributed by atoms with Gasteiger partial charge in [0.05, 0.1) is 12.1 Å². The van der Waals surface area contributed by atoms with Crippen molar-refractivity contribution in [1.82, 2.24) is 14.8 Å². The average molecular weight is 418 g/mol. The van der Waals surface area contributed by atoms with E-state index in [2.05, 4.69) is 46.0 Å². The van der Waals surface area contributed by atoms with Crippen molar-refractivity contribution in [2.24, 2.45) is 5.41 Å². The molecule has 3 heterocycles. The van der Waals surface area contributed by atoms with Crippen molar-refractivity contribution < 1.29 is 9.59 Å². The number of hydrogen-bond donors (Lipinski definition) is 0. The van der Waals surface area contributed by atoms with Crippen molar-refractivity contribution in [2.75, 3.05) is 0 Å². The van der Waals surface area contributed by atoms with Gasteiger partial charge >= 0.3 is 0 Å². The second-order valence-electron chi connectivity index (χ2n) is 9.70. The Hall–Kier alpha value is -2.69. The number of nitrogens with zero attached hydrogens (tertiary/aromatic N) is 3. The van der Waals surface area contributed by atoms with Crippen LogP contribution in [-0.4, -0.2) is 50.8 Å². The number of rotatable bonds is 3. The minimum atomic E-state index is -0.0650. The van der Waals surface area contributed by atoms with E-state index in [9.17, 15) is 9.59 Å².